The second kappa shape index (κ2) is 8.44. The Morgan fingerprint density at radius 3 is 2.62 bits per heavy atom. The van der Waals surface area contributed by atoms with Crippen molar-refractivity contribution in [1.29, 1.82) is 0 Å². The topological polar surface area (TPSA) is 55.1 Å². The van der Waals surface area contributed by atoms with Crippen LogP contribution in [0, 0.1) is 0 Å². The van der Waals surface area contributed by atoms with Crippen LogP contribution in [-0.4, -0.2) is 17.2 Å². The molecule has 1 fully saturated rings. The lowest BCUT2D eigenvalue weighted by Gasteiger charge is -2.10. The van der Waals surface area contributed by atoms with E-state index in [0.717, 1.165) is 23.8 Å². The van der Waals surface area contributed by atoms with Gasteiger partial charge in [-0.25, -0.2) is 0 Å². The van der Waals surface area contributed by atoms with E-state index in [9.17, 15) is 4.79 Å². The van der Waals surface area contributed by atoms with Gasteiger partial charge < -0.3 is 11.1 Å². The van der Waals surface area contributed by atoms with Crippen molar-refractivity contribution < 1.29 is 4.79 Å². The first-order valence-corrected chi connectivity index (χ1v) is 8.83. The van der Waals surface area contributed by atoms with Gasteiger partial charge in [-0.2, -0.15) is 0 Å². The lowest BCUT2D eigenvalue weighted by atomic mass is 10.1. The molecule has 3 nitrogen and oxygen atoms in total. The van der Waals surface area contributed by atoms with Gasteiger partial charge in [0, 0.05) is 28.3 Å². The van der Waals surface area contributed by atoms with Crippen molar-refractivity contribution in [2.45, 2.75) is 68.1 Å². The predicted molar refractivity (Wildman–Crippen MR) is 90.7 cm³/mol. The van der Waals surface area contributed by atoms with E-state index < -0.39 is 0 Å². The molecule has 2 rings (SSSR count). The van der Waals surface area contributed by atoms with Gasteiger partial charge in [-0.15, -0.1) is 11.8 Å². The first kappa shape index (κ1) is 16.4. The molecule has 1 aliphatic rings. The van der Waals surface area contributed by atoms with Crippen LogP contribution in [-0.2, 0) is 4.79 Å². The number of carbonyl (C=O) groups is 1. The summed E-state index contributed by atoms with van der Waals surface area (Å²) in [6, 6.07) is 8.40. The largest absolute Gasteiger partial charge is 0.328 e. The van der Waals surface area contributed by atoms with E-state index in [-0.39, 0.29) is 11.9 Å². The van der Waals surface area contributed by atoms with E-state index in [0.29, 0.717) is 6.42 Å². The van der Waals surface area contributed by atoms with Crippen LogP contribution in [0.2, 0.25) is 0 Å². The van der Waals surface area contributed by atoms with Crippen molar-refractivity contribution in [3.05, 3.63) is 24.3 Å². The van der Waals surface area contributed by atoms with Crippen molar-refractivity contribution in [3.63, 3.8) is 0 Å². The van der Waals surface area contributed by atoms with E-state index in [1.54, 1.807) is 0 Å². The summed E-state index contributed by atoms with van der Waals surface area (Å²) in [5, 5.41) is 3.73. The maximum atomic E-state index is 11.8. The number of rotatable bonds is 7. The summed E-state index contributed by atoms with van der Waals surface area (Å²) in [5.74, 6) is 0.0758. The predicted octanol–water partition coefficient (Wildman–Crippen LogP) is 4.18. The Balaban J connectivity index is 1.74. The van der Waals surface area contributed by atoms with E-state index in [4.69, 9.17) is 5.73 Å². The summed E-state index contributed by atoms with van der Waals surface area (Å²) in [6.07, 6.45) is 7.69. The first-order chi connectivity index (χ1) is 10.1. The molecule has 4 heteroatoms. The smallest absolute Gasteiger partial charge is 0.224 e. The third-order valence-electron chi connectivity index (χ3n) is 3.81. The van der Waals surface area contributed by atoms with Crippen LogP contribution in [0.15, 0.2) is 29.2 Å². The van der Waals surface area contributed by atoms with Crippen LogP contribution in [0.4, 0.5) is 5.69 Å². The Labute approximate surface area is 132 Å². The number of anilines is 1. The molecule has 0 radical (unpaired) electrons. The molecule has 1 amide bonds. The fourth-order valence-corrected chi connectivity index (χ4v) is 3.87. The molecule has 0 aliphatic heterocycles. The van der Waals surface area contributed by atoms with Gasteiger partial charge in [0.1, 0.15) is 0 Å². The molecule has 0 saturated heterocycles. The van der Waals surface area contributed by atoms with Crippen molar-refractivity contribution >= 4 is 23.4 Å². The lowest BCUT2D eigenvalue weighted by Crippen LogP contribution is -2.16. The molecule has 3 N–H and O–H groups in total. The van der Waals surface area contributed by atoms with Crippen LogP contribution < -0.4 is 11.1 Å². The third-order valence-corrected chi connectivity index (χ3v) is 5.16. The minimum Gasteiger partial charge on any atom is -0.328 e. The zero-order valence-electron chi connectivity index (χ0n) is 12.8. The fraction of sp³-hybridized carbons (Fsp3) is 0.588. The molecular weight excluding hydrogens is 280 g/mol. The number of benzene rings is 1. The van der Waals surface area contributed by atoms with Crippen LogP contribution in [0.1, 0.15) is 51.9 Å². The zero-order valence-corrected chi connectivity index (χ0v) is 13.6. The Hall–Kier alpha value is -1.00. The van der Waals surface area contributed by atoms with E-state index in [1.807, 2.05) is 30.8 Å². The standard InChI is InChI=1S/C17H26N2OS/c1-13(18)5-4-8-17(20)19-14-9-11-16(12-10-14)21-15-6-2-3-7-15/h9-13,15H,2-8,18H2,1H3,(H,19,20). The molecule has 1 saturated carbocycles. The van der Waals surface area contributed by atoms with Crippen molar-refractivity contribution in [3.8, 4) is 0 Å². The molecule has 0 bridgehead atoms. The monoisotopic (exact) mass is 306 g/mol. The lowest BCUT2D eigenvalue weighted by molar-refractivity contribution is -0.116. The summed E-state index contributed by atoms with van der Waals surface area (Å²) in [6.45, 7) is 1.97. The molecule has 0 heterocycles. The van der Waals surface area contributed by atoms with Gasteiger partial charge in [-0.05, 0) is 56.9 Å². The van der Waals surface area contributed by atoms with Gasteiger partial charge in [0.25, 0.3) is 0 Å². The Morgan fingerprint density at radius 1 is 1.33 bits per heavy atom. The van der Waals surface area contributed by atoms with Crippen LogP contribution in [0.3, 0.4) is 0 Å². The molecule has 21 heavy (non-hydrogen) atoms. The molecule has 1 aromatic carbocycles. The third kappa shape index (κ3) is 6.10. The normalized spacial score (nSPS) is 16.9. The average molecular weight is 306 g/mol. The zero-order chi connectivity index (χ0) is 15.1. The van der Waals surface area contributed by atoms with Gasteiger partial charge in [0.05, 0.1) is 0 Å². The highest BCUT2D eigenvalue weighted by Gasteiger charge is 2.15. The summed E-state index contributed by atoms with van der Waals surface area (Å²) in [4.78, 5) is 13.1. The highest BCUT2D eigenvalue weighted by Crippen LogP contribution is 2.34. The molecule has 116 valence electrons. The second-order valence-corrected chi connectivity index (χ2v) is 7.34. The number of nitrogens with one attached hydrogen (secondary N) is 1. The van der Waals surface area contributed by atoms with Gasteiger partial charge in [-0.3, -0.25) is 4.79 Å². The second-order valence-electron chi connectivity index (χ2n) is 5.97. The highest BCUT2D eigenvalue weighted by molar-refractivity contribution is 8.00. The SMILES string of the molecule is CC(N)CCCC(=O)Nc1ccc(SC2CCCC2)cc1. The van der Waals surface area contributed by atoms with Gasteiger partial charge in [0.2, 0.25) is 5.91 Å². The van der Waals surface area contributed by atoms with Gasteiger partial charge >= 0.3 is 0 Å². The van der Waals surface area contributed by atoms with Crippen molar-refractivity contribution in [1.82, 2.24) is 0 Å². The minimum atomic E-state index is 0.0758. The quantitative estimate of drug-likeness (QED) is 0.794. The van der Waals surface area contributed by atoms with E-state index in [2.05, 4.69) is 17.4 Å². The number of amides is 1. The van der Waals surface area contributed by atoms with Crippen LogP contribution in [0.25, 0.3) is 0 Å². The van der Waals surface area contributed by atoms with Crippen molar-refractivity contribution in [2.75, 3.05) is 5.32 Å². The molecule has 0 spiro atoms. The van der Waals surface area contributed by atoms with Gasteiger partial charge in [-0.1, -0.05) is 12.8 Å². The Bertz CT molecular complexity index is 439. The molecular formula is C17H26N2OS. The number of nitrogens with two attached hydrogens (primary N) is 1. The minimum absolute atomic E-state index is 0.0758. The van der Waals surface area contributed by atoms with Crippen LogP contribution >= 0.6 is 11.8 Å². The Morgan fingerprint density at radius 2 is 2.00 bits per heavy atom. The number of hydrogen-bond donors (Lipinski definition) is 2. The summed E-state index contributed by atoms with van der Waals surface area (Å²) < 4.78 is 0. The van der Waals surface area contributed by atoms with Crippen molar-refractivity contribution in [2.24, 2.45) is 5.73 Å². The fourth-order valence-electron chi connectivity index (χ4n) is 2.62. The first-order valence-electron chi connectivity index (χ1n) is 7.95. The Kier molecular flexibility index (Phi) is 6.58. The average Bonchev–Trinajstić information content (AvgIpc) is 2.93. The number of thioether (sulfide) groups is 1. The molecule has 1 unspecified atom stereocenters. The summed E-state index contributed by atoms with van der Waals surface area (Å²) in [5.41, 5.74) is 6.57. The van der Waals surface area contributed by atoms with E-state index >= 15 is 0 Å². The molecule has 1 aliphatic carbocycles. The van der Waals surface area contributed by atoms with E-state index in [1.165, 1.54) is 30.6 Å². The molecule has 0 aromatic heterocycles. The number of carbonyl (C=O) groups excluding carboxylic acids is 1. The summed E-state index contributed by atoms with van der Waals surface area (Å²) in [7, 11) is 0. The van der Waals surface area contributed by atoms with Crippen LogP contribution in [0.5, 0.6) is 0 Å². The maximum Gasteiger partial charge on any atom is 0.224 e. The molecule has 1 atom stereocenters. The number of hydrogen-bond acceptors (Lipinski definition) is 3. The molecule has 1 aromatic rings. The van der Waals surface area contributed by atoms with Gasteiger partial charge in [0.15, 0.2) is 0 Å². The maximum absolute atomic E-state index is 11.8. The summed E-state index contributed by atoms with van der Waals surface area (Å²) >= 11 is 1.97. The highest BCUT2D eigenvalue weighted by atomic mass is 32.2.